The monoisotopic (exact) mass is 381 g/mol. The van der Waals surface area contributed by atoms with E-state index in [0.717, 1.165) is 12.2 Å². The van der Waals surface area contributed by atoms with E-state index in [1.165, 1.54) is 12.1 Å². The minimum atomic E-state index is -0.455. The van der Waals surface area contributed by atoms with Crippen LogP contribution >= 0.6 is 0 Å². The second-order valence-electron chi connectivity index (χ2n) is 6.11. The van der Waals surface area contributed by atoms with Crippen molar-refractivity contribution in [2.24, 2.45) is 10.2 Å². The van der Waals surface area contributed by atoms with Gasteiger partial charge in [0.15, 0.2) is 0 Å². The van der Waals surface area contributed by atoms with E-state index in [-0.39, 0.29) is 11.6 Å². The standard InChI is InChI=1S/C20H23N5O3/c1-4-24(14-13-21-20(26)15(2)3)18-9-5-16(6-10-18)22-23-17-7-11-19(12-8-17)25(27)28/h5-12H,2,4,13-14H2,1,3H3,(H,21,26)/b23-22+. The molecule has 0 bridgehead atoms. The molecule has 2 aromatic carbocycles. The maximum Gasteiger partial charge on any atom is 0.269 e. The van der Waals surface area contributed by atoms with Crippen molar-refractivity contribution in [1.29, 1.82) is 0 Å². The van der Waals surface area contributed by atoms with E-state index in [1.54, 1.807) is 19.1 Å². The number of nitrogens with zero attached hydrogens (tertiary/aromatic N) is 4. The number of non-ortho nitro benzene ring substituents is 1. The number of likely N-dealkylation sites (N-methyl/N-ethyl adjacent to an activating group) is 1. The largest absolute Gasteiger partial charge is 0.370 e. The molecule has 0 aliphatic heterocycles. The number of hydrogen-bond acceptors (Lipinski definition) is 6. The molecule has 0 aliphatic rings. The first kappa shape index (κ1) is 20.8. The molecule has 0 radical (unpaired) electrons. The van der Waals surface area contributed by atoms with E-state index in [4.69, 9.17) is 0 Å². The number of rotatable bonds is 9. The van der Waals surface area contributed by atoms with E-state index >= 15 is 0 Å². The molecule has 1 N–H and O–H groups in total. The summed E-state index contributed by atoms with van der Waals surface area (Å²) in [7, 11) is 0. The molecule has 1 amide bonds. The molecule has 8 nitrogen and oxygen atoms in total. The van der Waals surface area contributed by atoms with Crippen LogP contribution in [0.15, 0.2) is 70.9 Å². The number of carbonyl (C=O) groups is 1. The summed E-state index contributed by atoms with van der Waals surface area (Å²) in [4.78, 5) is 23.9. The third-order valence-corrected chi connectivity index (χ3v) is 3.99. The predicted octanol–water partition coefficient (Wildman–Crippen LogP) is 4.53. The van der Waals surface area contributed by atoms with Crippen LogP contribution in [0, 0.1) is 10.1 Å². The molecule has 0 heterocycles. The van der Waals surface area contributed by atoms with Gasteiger partial charge in [-0.15, -0.1) is 0 Å². The smallest absolute Gasteiger partial charge is 0.269 e. The Kier molecular flexibility index (Phi) is 7.38. The van der Waals surface area contributed by atoms with Gasteiger partial charge >= 0.3 is 0 Å². The Morgan fingerprint density at radius 1 is 1.11 bits per heavy atom. The van der Waals surface area contributed by atoms with Crippen LogP contribution in [-0.2, 0) is 4.79 Å². The van der Waals surface area contributed by atoms with Gasteiger partial charge in [-0.25, -0.2) is 0 Å². The van der Waals surface area contributed by atoms with Crippen LogP contribution in [0.25, 0.3) is 0 Å². The van der Waals surface area contributed by atoms with Gasteiger partial charge in [-0.05, 0) is 50.2 Å². The summed E-state index contributed by atoms with van der Waals surface area (Å²) in [5.74, 6) is -0.141. The molecule has 0 fully saturated rings. The van der Waals surface area contributed by atoms with Crippen molar-refractivity contribution in [2.45, 2.75) is 13.8 Å². The van der Waals surface area contributed by atoms with Gasteiger partial charge in [0.1, 0.15) is 0 Å². The van der Waals surface area contributed by atoms with Crippen molar-refractivity contribution in [3.63, 3.8) is 0 Å². The van der Waals surface area contributed by atoms with Crippen LogP contribution < -0.4 is 10.2 Å². The Hall–Kier alpha value is -3.55. The van der Waals surface area contributed by atoms with E-state index in [2.05, 4.69) is 27.0 Å². The summed E-state index contributed by atoms with van der Waals surface area (Å²) < 4.78 is 0. The van der Waals surface area contributed by atoms with Crippen LogP contribution in [0.5, 0.6) is 0 Å². The molecule has 146 valence electrons. The number of benzene rings is 2. The SMILES string of the molecule is C=C(C)C(=O)NCCN(CC)c1ccc(/N=N/c2ccc([N+](=O)[O-])cc2)cc1. The lowest BCUT2D eigenvalue weighted by Crippen LogP contribution is -2.35. The minimum absolute atomic E-state index is 0.0161. The van der Waals surface area contributed by atoms with Gasteiger partial charge in [0.25, 0.3) is 5.69 Å². The zero-order chi connectivity index (χ0) is 20.5. The summed E-state index contributed by atoms with van der Waals surface area (Å²) in [6.45, 7) is 9.35. The predicted molar refractivity (Wildman–Crippen MR) is 109 cm³/mol. The molecule has 28 heavy (non-hydrogen) atoms. The molecule has 0 aromatic heterocycles. The third kappa shape index (κ3) is 6.01. The Bertz CT molecular complexity index is 860. The lowest BCUT2D eigenvalue weighted by Gasteiger charge is -2.23. The summed E-state index contributed by atoms with van der Waals surface area (Å²) in [6, 6.07) is 13.5. The van der Waals surface area contributed by atoms with Gasteiger partial charge in [0.2, 0.25) is 5.91 Å². The van der Waals surface area contributed by atoms with Gasteiger partial charge in [-0.2, -0.15) is 10.2 Å². The second-order valence-corrected chi connectivity index (χ2v) is 6.11. The fourth-order valence-corrected chi connectivity index (χ4v) is 2.41. The maximum absolute atomic E-state index is 11.5. The lowest BCUT2D eigenvalue weighted by molar-refractivity contribution is -0.384. The molecule has 0 aliphatic carbocycles. The number of amides is 1. The number of azo groups is 1. The van der Waals surface area contributed by atoms with Gasteiger partial charge in [0.05, 0.1) is 16.3 Å². The third-order valence-electron chi connectivity index (χ3n) is 3.99. The average Bonchev–Trinajstić information content (AvgIpc) is 2.70. The van der Waals surface area contributed by atoms with Crippen LogP contribution in [0.4, 0.5) is 22.7 Å². The van der Waals surface area contributed by atoms with Crippen molar-refractivity contribution in [3.8, 4) is 0 Å². The van der Waals surface area contributed by atoms with Crippen molar-refractivity contribution in [1.82, 2.24) is 5.32 Å². The number of nitro groups is 1. The maximum atomic E-state index is 11.5. The molecule has 2 aromatic rings. The first-order chi connectivity index (χ1) is 13.4. The molecule has 2 rings (SSSR count). The van der Waals surface area contributed by atoms with Crippen molar-refractivity contribution < 1.29 is 9.72 Å². The highest BCUT2D eigenvalue weighted by molar-refractivity contribution is 5.92. The first-order valence-corrected chi connectivity index (χ1v) is 8.85. The summed E-state index contributed by atoms with van der Waals surface area (Å²) in [5.41, 5.74) is 2.74. The quantitative estimate of drug-likeness (QED) is 0.298. The number of anilines is 1. The molecule has 0 unspecified atom stereocenters. The van der Waals surface area contributed by atoms with Gasteiger partial charge in [-0.1, -0.05) is 6.58 Å². The fourth-order valence-electron chi connectivity index (χ4n) is 2.41. The lowest BCUT2D eigenvalue weighted by atomic mass is 10.2. The summed E-state index contributed by atoms with van der Waals surface area (Å²) in [5, 5.41) is 21.7. The Morgan fingerprint density at radius 2 is 1.64 bits per heavy atom. The van der Waals surface area contributed by atoms with Crippen LogP contribution in [0.2, 0.25) is 0 Å². The van der Waals surface area contributed by atoms with Crippen LogP contribution in [0.3, 0.4) is 0 Å². The number of hydrogen-bond donors (Lipinski definition) is 1. The second kappa shape index (κ2) is 9.96. The normalized spacial score (nSPS) is 10.6. The Balaban J connectivity index is 1.96. The van der Waals surface area contributed by atoms with E-state index in [0.29, 0.717) is 30.0 Å². The fraction of sp³-hybridized carbons (Fsp3) is 0.250. The topological polar surface area (TPSA) is 100 Å². The molecule has 8 heteroatoms. The minimum Gasteiger partial charge on any atom is -0.370 e. The zero-order valence-electron chi connectivity index (χ0n) is 16.0. The van der Waals surface area contributed by atoms with Crippen molar-refractivity contribution >= 4 is 28.7 Å². The van der Waals surface area contributed by atoms with Crippen LogP contribution in [0.1, 0.15) is 13.8 Å². The number of nitro benzene ring substituents is 1. The van der Waals surface area contributed by atoms with Crippen LogP contribution in [-0.4, -0.2) is 30.5 Å². The van der Waals surface area contributed by atoms with Gasteiger partial charge in [-0.3, -0.25) is 14.9 Å². The average molecular weight is 381 g/mol. The van der Waals surface area contributed by atoms with E-state index in [9.17, 15) is 14.9 Å². The van der Waals surface area contributed by atoms with E-state index in [1.807, 2.05) is 31.2 Å². The van der Waals surface area contributed by atoms with Crippen molar-refractivity contribution in [2.75, 3.05) is 24.5 Å². The molecular formula is C20H23N5O3. The Morgan fingerprint density at radius 3 is 2.11 bits per heavy atom. The molecular weight excluding hydrogens is 358 g/mol. The molecule has 0 spiro atoms. The highest BCUT2D eigenvalue weighted by atomic mass is 16.6. The van der Waals surface area contributed by atoms with E-state index < -0.39 is 4.92 Å². The molecule has 0 atom stereocenters. The van der Waals surface area contributed by atoms with Gasteiger partial charge < -0.3 is 10.2 Å². The van der Waals surface area contributed by atoms with Crippen molar-refractivity contribution in [3.05, 3.63) is 70.8 Å². The number of carbonyl (C=O) groups excluding carboxylic acids is 1. The van der Waals surface area contributed by atoms with Gasteiger partial charge in [0, 0.05) is 43.0 Å². The highest BCUT2D eigenvalue weighted by Gasteiger charge is 2.06. The summed E-state index contributed by atoms with van der Waals surface area (Å²) >= 11 is 0. The Labute approximate surface area is 163 Å². The number of nitrogens with one attached hydrogen (secondary N) is 1. The zero-order valence-corrected chi connectivity index (χ0v) is 16.0. The molecule has 0 saturated carbocycles. The molecule has 0 saturated heterocycles. The highest BCUT2D eigenvalue weighted by Crippen LogP contribution is 2.23. The first-order valence-electron chi connectivity index (χ1n) is 8.85. The summed E-state index contributed by atoms with van der Waals surface area (Å²) in [6.07, 6.45) is 0.